The van der Waals surface area contributed by atoms with E-state index in [0.29, 0.717) is 41.8 Å². The maximum absolute atomic E-state index is 11.6. The number of hydrogen-bond donors (Lipinski definition) is 2. The van der Waals surface area contributed by atoms with Gasteiger partial charge in [0.25, 0.3) is 11.8 Å². The molecule has 200 valence electrons. The Morgan fingerprint density at radius 1 is 1.26 bits per heavy atom. The Hall–Kier alpha value is -3.90. The van der Waals surface area contributed by atoms with Crippen LogP contribution in [0.4, 0.5) is 11.6 Å². The molecule has 0 fully saturated rings. The van der Waals surface area contributed by atoms with Crippen molar-refractivity contribution in [2.75, 3.05) is 18.0 Å². The zero-order valence-corrected chi connectivity index (χ0v) is 22.6. The monoisotopic (exact) mass is 517 g/mol. The van der Waals surface area contributed by atoms with Crippen molar-refractivity contribution in [3.8, 4) is 23.3 Å². The number of nitrogens with one attached hydrogen (secondary N) is 1. The number of hydrogen-bond acceptors (Lipinski definition) is 8. The predicted molar refractivity (Wildman–Crippen MR) is 144 cm³/mol. The van der Waals surface area contributed by atoms with Crippen molar-refractivity contribution in [3.05, 3.63) is 53.1 Å². The summed E-state index contributed by atoms with van der Waals surface area (Å²) in [5, 5.41) is 26.7. The lowest BCUT2D eigenvalue weighted by Gasteiger charge is -2.29. The second-order valence-corrected chi connectivity index (χ2v) is 11.0. The minimum absolute atomic E-state index is 0.0384. The summed E-state index contributed by atoms with van der Waals surface area (Å²) in [5.74, 6) is 0.0910. The molecule has 0 amide bonds. The van der Waals surface area contributed by atoms with Crippen molar-refractivity contribution in [3.63, 3.8) is 0 Å². The lowest BCUT2D eigenvalue weighted by molar-refractivity contribution is -0.145. The topological polar surface area (TPSA) is 125 Å². The third-order valence-corrected chi connectivity index (χ3v) is 6.65. The van der Waals surface area contributed by atoms with Crippen molar-refractivity contribution < 1.29 is 19.2 Å². The summed E-state index contributed by atoms with van der Waals surface area (Å²) < 4.78 is 11.3. The maximum Gasteiger partial charge on any atom is 0.308 e. The van der Waals surface area contributed by atoms with Crippen LogP contribution in [0.25, 0.3) is 11.5 Å². The molecule has 4 rings (SSSR count). The van der Waals surface area contributed by atoms with Crippen LogP contribution in [0.1, 0.15) is 57.7 Å². The first-order valence-corrected chi connectivity index (χ1v) is 12.9. The molecule has 1 aromatic heterocycles. The van der Waals surface area contributed by atoms with Crippen LogP contribution in [0, 0.1) is 22.7 Å². The summed E-state index contributed by atoms with van der Waals surface area (Å²) in [4.78, 5) is 18.3. The summed E-state index contributed by atoms with van der Waals surface area (Å²) in [6, 6.07) is 13.7. The highest BCUT2D eigenvalue weighted by Crippen LogP contribution is 2.34. The molecule has 2 N–H and O–H groups in total. The molecule has 2 aromatic carbocycles. The molecule has 1 aliphatic heterocycles. The standard InChI is InChI=1S/C29H35N5O4/c1-18(2)37-25-11-9-21(14-22(25)15-30)26-32-28(33-38-26)34-12-6-7-20-13-19(8-10-24(20)34)16-31-17-23(27(35)36)29(3,4)5/h8-11,13-14,18,23,31H,6-7,12,16-17H2,1-5H3,(H,35,36). The van der Waals surface area contributed by atoms with Crippen LogP contribution in [-0.2, 0) is 17.8 Å². The van der Waals surface area contributed by atoms with E-state index in [-0.39, 0.29) is 11.5 Å². The van der Waals surface area contributed by atoms with Gasteiger partial charge in [0.2, 0.25) is 0 Å². The first-order chi connectivity index (χ1) is 18.1. The van der Waals surface area contributed by atoms with Crippen LogP contribution >= 0.6 is 0 Å². The molecule has 0 spiro atoms. The Kier molecular flexibility index (Phi) is 8.02. The molecule has 9 heteroatoms. The zero-order chi connectivity index (χ0) is 27.4. The number of aromatic nitrogens is 2. The predicted octanol–water partition coefficient (Wildman–Crippen LogP) is 5.32. The molecule has 0 saturated carbocycles. The van der Waals surface area contributed by atoms with E-state index in [1.807, 2.05) is 51.7 Å². The van der Waals surface area contributed by atoms with Crippen LogP contribution in [0.15, 0.2) is 40.9 Å². The number of rotatable bonds is 9. The highest BCUT2D eigenvalue weighted by Gasteiger charge is 2.30. The number of nitriles is 1. The lowest BCUT2D eigenvalue weighted by Crippen LogP contribution is -2.37. The molecule has 2 heterocycles. The van der Waals surface area contributed by atoms with Crippen LogP contribution in [0.2, 0.25) is 0 Å². The van der Waals surface area contributed by atoms with Gasteiger partial charge in [-0.15, -0.1) is 0 Å². The van der Waals surface area contributed by atoms with Gasteiger partial charge >= 0.3 is 5.97 Å². The molecule has 1 atom stereocenters. The number of nitrogens with zero attached hydrogens (tertiary/aromatic N) is 4. The van der Waals surface area contributed by atoms with Gasteiger partial charge in [-0.3, -0.25) is 4.79 Å². The second-order valence-electron chi connectivity index (χ2n) is 11.0. The molecule has 0 bridgehead atoms. The first kappa shape index (κ1) is 27.1. The van der Waals surface area contributed by atoms with E-state index in [0.717, 1.165) is 30.6 Å². The Morgan fingerprint density at radius 3 is 2.74 bits per heavy atom. The molecule has 1 unspecified atom stereocenters. The molecular weight excluding hydrogens is 482 g/mol. The van der Waals surface area contributed by atoms with Crippen LogP contribution < -0.4 is 15.0 Å². The fourth-order valence-corrected chi connectivity index (χ4v) is 4.64. The number of carboxylic acid groups (broad SMARTS) is 1. The fraction of sp³-hybridized carbons (Fsp3) is 0.448. The van der Waals surface area contributed by atoms with Gasteiger partial charge in [0, 0.05) is 30.9 Å². The summed E-state index contributed by atoms with van der Waals surface area (Å²) in [5.41, 5.74) is 4.07. The Labute approximate surface area is 223 Å². The minimum atomic E-state index is -0.783. The van der Waals surface area contributed by atoms with Crippen molar-refractivity contribution in [2.24, 2.45) is 11.3 Å². The minimum Gasteiger partial charge on any atom is -0.490 e. The average Bonchev–Trinajstić information content (AvgIpc) is 3.35. The Bertz CT molecular complexity index is 1340. The van der Waals surface area contributed by atoms with Gasteiger partial charge in [0.05, 0.1) is 17.6 Å². The molecule has 0 aliphatic carbocycles. The molecule has 38 heavy (non-hydrogen) atoms. The summed E-state index contributed by atoms with van der Waals surface area (Å²) in [7, 11) is 0. The van der Waals surface area contributed by atoms with E-state index >= 15 is 0 Å². The summed E-state index contributed by atoms with van der Waals surface area (Å²) >= 11 is 0. The molecule has 0 radical (unpaired) electrons. The Morgan fingerprint density at radius 2 is 2.05 bits per heavy atom. The Balaban J connectivity index is 1.49. The summed E-state index contributed by atoms with van der Waals surface area (Å²) in [6.07, 6.45) is 1.84. The maximum atomic E-state index is 11.6. The zero-order valence-electron chi connectivity index (χ0n) is 22.6. The molecule has 0 saturated heterocycles. The van der Waals surface area contributed by atoms with Crippen LogP contribution in [0.5, 0.6) is 5.75 Å². The first-order valence-electron chi connectivity index (χ1n) is 12.9. The summed E-state index contributed by atoms with van der Waals surface area (Å²) in [6.45, 7) is 11.4. The number of aliphatic carboxylic acids is 1. The van der Waals surface area contributed by atoms with E-state index in [2.05, 4.69) is 33.7 Å². The average molecular weight is 518 g/mol. The van der Waals surface area contributed by atoms with Crippen LogP contribution in [0.3, 0.4) is 0 Å². The van der Waals surface area contributed by atoms with Crippen LogP contribution in [-0.4, -0.2) is 40.4 Å². The smallest absolute Gasteiger partial charge is 0.308 e. The lowest BCUT2D eigenvalue weighted by atomic mass is 9.80. The van der Waals surface area contributed by atoms with Gasteiger partial charge in [0.15, 0.2) is 0 Å². The number of carboxylic acids is 1. The van der Waals surface area contributed by atoms with Crippen molar-refractivity contribution >= 4 is 17.6 Å². The van der Waals surface area contributed by atoms with E-state index in [1.54, 1.807) is 12.1 Å². The SMILES string of the molecule is CC(C)Oc1ccc(-c2nc(N3CCCc4cc(CNCC(C(=O)O)C(C)(C)C)ccc43)no2)cc1C#N. The fourth-order valence-electron chi connectivity index (χ4n) is 4.64. The third-order valence-electron chi connectivity index (χ3n) is 6.65. The van der Waals surface area contributed by atoms with E-state index < -0.39 is 11.9 Å². The van der Waals surface area contributed by atoms with Crippen molar-refractivity contribution in [1.29, 1.82) is 5.26 Å². The number of ether oxygens (including phenoxy) is 1. The molecule has 1 aliphatic rings. The number of benzene rings is 2. The van der Waals surface area contributed by atoms with Crippen molar-refractivity contribution in [1.82, 2.24) is 15.5 Å². The number of anilines is 2. The second kappa shape index (κ2) is 11.2. The highest BCUT2D eigenvalue weighted by atomic mass is 16.5. The van der Waals surface area contributed by atoms with Gasteiger partial charge in [-0.1, -0.05) is 32.9 Å². The van der Waals surface area contributed by atoms with Crippen molar-refractivity contribution in [2.45, 2.75) is 60.1 Å². The number of fused-ring (bicyclic) bond motifs is 1. The van der Waals surface area contributed by atoms with E-state index in [1.165, 1.54) is 5.56 Å². The molecular formula is C29H35N5O4. The van der Waals surface area contributed by atoms with E-state index in [4.69, 9.17) is 9.26 Å². The van der Waals surface area contributed by atoms with Gasteiger partial charge in [-0.2, -0.15) is 10.2 Å². The number of aryl methyl sites for hydroxylation is 1. The normalized spacial score (nSPS) is 14.2. The molecule has 9 nitrogen and oxygen atoms in total. The number of carbonyl (C=O) groups is 1. The highest BCUT2D eigenvalue weighted by molar-refractivity contribution is 5.71. The quantitative estimate of drug-likeness (QED) is 0.388. The van der Waals surface area contributed by atoms with Gasteiger partial charge in [-0.05, 0) is 72.7 Å². The van der Waals surface area contributed by atoms with E-state index in [9.17, 15) is 15.2 Å². The van der Waals surface area contributed by atoms with Gasteiger partial charge < -0.3 is 24.6 Å². The third kappa shape index (κ3) is 6.14. The largest absolute Gasteiger partial charge is 0.490 e. The molecule has 3 aromatic rings. The van der Waals surface area contributed by atoms with Gasteiger partial charge in [-0.25, -0.2) is 0 Å². The van der Waals surface area contributed by atoms with Gasteiger partial charge in [0.1, 0.15) is 11.8 Å².